The number of aromatic nitrogens is 2. The molecule has 2 N–H and O–H groups in total. The van der Waals surface area contributed by atoms with E-state index in [-0.39, 0.29) is 11.0 Å². The highest BCUT2D eigenvalue weighted by atomic mass is 35.5. The third-order valence-corrected chi connectivity index (χ3v) is 3.33. The zero-order valence-electron chi connectivity index (χ0n) is 10.8. The molecule has 0 fully saturated rings. The number of amides is 1. The molecule has 0 bridgehead atoms. The van der Waals surface area contributed by atoms with E-state index < -0.39 is 5.91 Å². The second-order valence-corrected chi connectivity index (χ2v) is 4.77. The van der Waals surface area contributed by atoms with Crippen molar-refractivity contribution < 1.29 is 4.79 Å². The van der Waals surface area contributed by atoms with E-state index in [9.17, 15) is 9.59 Å². The molecule has 0 saturated heterocycles. The molecule has 21 heavy (non-hydrogen) atoms. The second-order valence-electron chi connectivity index (χ2n) is 4.36. The van der Waals surface area contributed by atoms with Crippen LogP contribution in [0, 0.1) is 0 Å². The van der Waals surface area contributed by atoms with Gasteiger partial charge in [-0.2, -0.15) is 0 Å². The Morgan fingerprint density at radius 1 is 1.19 bits per heavy atom. The highest BCUT2D eigenvalue weighted by Crippen LogP contribution is 2.18. The Labute approximate surface area is 124 Å². The minimum Gasteiger partial charge on any atom is -0.359 e. The molecule has 0 atom stereocenters. The number of H-pyrrole nitrogens is 1. The average Bonchev–Trinajstić information content (AvgIpc) is 2.49. The number of halogens is 1. The maximum absolute atomic E-state index is 12.4. The number of benzene rings is 1. The molecule has 2 aromatic heterocycles. The van der Waals surface area contributed by atoms with Gasteiger partial charge in [0.2, 0.25) is 5.43 Å². The summed E-state index contributed by atoms with van der Waals surface area (Å²) in [5.74, 6) is -0.134. The third-order valence-electron chi connectivity index (χ3n) is 3.01. The summed E-state index contributed by atoms with van der Waals surface area (Å²) in [6.07, 6.45) is 2.91. The van der Waals surface area contributed by atoms with Crippen LogP contribution >= 0.6 is 11.6 Å². The number of nitrogens with zero attached hydrogens (tertiary/aromatic N) is 1. The molecule has 0 radical (unpaired) electrons. The van der Waals surface area contributed by atoms with E-state index in [1.807, 2.05) is 0 Å². The van der Waals surface area contributed by atoms with Gasteiger partial charge >= 0.3 is 0 Å². The van der Waals surface area contributed by atoms with E-state index in [2.05, 4.69) is 15.3 Å². The van der Waals surface area contributed by atoms with E-state index in [4.69, 9.17) is 11.6 Å². The summed E-state index contributed by atoms with van der Waals surface area (Å²) in [5.41, 5.74) is 0.147. The lowest BCUT2D eigenvalue weighted by Gasteiger charge is -2.05. The number of rotatable bonds is 2. The zero-order valence-corrected chi connectivity index (χ0v) is 11.5. The van der Waals surface area contributed by atoms with Crippen LogP contribution in [0.5, 0.6) is 0 Å². The van der Waals surface area contributed by atoms with Crippen molar-refractivity contribution in [2.75, 3.05) is 5.32 Å². The second kappa shape index (κ2) is 5.38. The van der Waals surface area contributed by atoms with Crippen molar-refractivity contribution in [3.63, 3.8) is 0 Å². The summed E-state index contributed by atoms with van der Waals surface area (Å²) in [5, 5.41) is 3.38. The molecule has 5 nitrogen and oxygen atoms in total. The molecule has 0 aliphatic heterocycles. The molecule has 1 amide bonds. The van der Waals surface area contributed by atoms with Gasteiger partial charge in [-0.3, -0.25) is 9.59 Å². The average molecular weight is 300 g/mol. The van der Waals surface area contributed by atoms with Gasteiger partial charge in [-0.25, -0.2) is 4.98 Å². The van der Waals surface area contributed by atoms with Crippen molar-refractivity contribution in [2.45, 2.75) is 0 Å². The van der Waals surface area contributed by atoms with Gasteiger partial charge in [0.15, 0.2) is 0 Å². The molecule has 2 heterocycles. The van der Waals surface area contributed by atoms with Crippen LogP contribution in [0.25, 0.3) is 10.9 Å². The fourth-order valence-electron chi connectivity index (χ4n) is 2.00. The van der Waals surface area contributed by atoms with E-state index in [0.29, 0.717) is 21.7 Å². The van der Waals surface area contributed by atoms with E-state index >= 15 is 0 Å². The predicted octanol–water partition coefficient (Wildman–Crippen LogP) is 2.83. The van der Waals surface area contributed by atoms with Crippen LogP contribution in [0.1, 0.15) is 10.4 Å². The van der Waals surface area contributed by atoms with Crippen molar-refractivity contribution in [3.8, 4) is 0 Å². The van der Waals surface area contributed by atoms with Crippen LogP contribution < -0.4 is 10.7 Å². The van der Waals surface area contributed by atoms with E-state index in [1.165, 1.54) is 6.20 Å². The van der Waals surface area contributed by atoms with Gasteiger partial charge in [0.25, 0.3) is 5.91 Å². The first kappa shape index (κ1) is 13.3. The maximum atomic E-state index is 12.4. The van der Waals surface area contributed by atoms with Crippen molar-refractivity contribution in [2.24, 2.45) is 0 Å². The van der Waals surface area contributed by atoms with Gasteiger partial charge in [0.05, 0.1) is 10.5 Å². The highest BCUT2D eigenvalue weighted by molar-refractivity contribution is 6.35. The number of anilines is 1. The largest absolute Gasteiger partial charge is 0.359 e. The predicted molar refractivity (Wildman–Crippen MR) is 81.8 cm³/mol. The topological polar surface area (TPSA) is 74.8 Å². The first-order chi connectivity index (χ1) is 10.2. The van der Waals surface area contributed by atoms with E-state index in [1.54, 1.807) is 42.6 Å². The van der Waals surface area contributed by atoms with E-state index in [0.717, 1.165) is 0 Å². The molecule has 104 valence electrons. The van der Waals surface area contributed by atoms with Gasteiger partial charge < -0.3 is 10.3 Å². The van der Waals surface area contributed by atoms with Crippen LogP contribution in [-0.2, 0) is 0 Å². The Bertz CT molecular complexity index is 875. The molecule has 0 aliphatic carbocycles. The number of hydrogen-bond donors (Lipinski definition) is 2. The first-order valence-corrected chi connectivity index (χ1v) is 6.57. The minimum absolute atomic E-state index is 0.00965. The maximum Gasteiger partial charge on any atom is 0.262 e. The molecule has 3 aromatic rings. The number of fused-ring (bicyclic) bond motifs is 1. The normalized spacial score (nSPS) is 10.5. The summed E-state index contributed by atoms with van der Waals surface area (Å²) in [4.78, 5) is 31.4. The molecule has 3 rings (SSSR count). The zero-order chi connectivity index (χ0) is 14.8. The number of hydrogen-bond acceptors (Lipinski definition) is 3. The van der Waals surface area contributed by atoms with Crippen LogP contribution in [0.15, 0.2) is 53.6 Å². The molecule has 0 spiro atoms. The summed E-state index contributed by atoms with van der Waals surface area (Å²) in [6.45, 7) is 0. The minimum atomic E-state index is -0.517. The van der Waals surface area contributed by atoms with Crippen molar-refractivity contribution in [1.29, 1.82) is 0 Å². The smallest absolute Gasteiger partial charge is 0.262 e. The standard InChI is InChI=1S/C15H10ClN3O2/c16-11-5-3-4-9-13(11)18-8-10(14(9)20)15(21)19-12-6-1-2-7-17-12/h1-8H,(H,18,20)(H,17,19,21). The molecular weight excluding hydrogens is 290 g/mol. The van der Waals surface area contributed by atoms with Crippen LogP contribution in [-0.4, -0.2) is 15.9 Å². The molecule has 0 aliphatic rings. The van der Waals surface area contributed by atoms with Gasteiger partial charge in [0.1, 0.15) is 11.4 Å². The number of aromatic amines is 1. The first-order valence-electron chi connectivity index (χ1n) is 6.19. The SMILES string of the molecule is O=C(Nc1ccccn1)c1c[nH]c2c(Cl)cccc2c1=O. The lowest BCUT2D eigenvalue weighted by atomic mass is 10.1. The monoisotopic (exact) mass is 299 g/mol. The Morgan fingerprint density at radius 2 is 2.05 bits per heavy atom. The quantitative estimate of drug-likeness (QED) is 0.764. The van der Waals surface area contributed by atoms with Crippen molar-refractivity contribution in [1.82, 2.24) is 9.97 Å². The lowest BCUT2D eigenvalue weighted by molar-refractivity contribution is 0.102. The van der Waals surface area contributed by atoms with Gasteiger partial charge in [-0.1, -0.05) is 23.7 Å². The molecule has 1 aromatic carbocycles. The number of pyridine rings is 2. The number of carbonyl (C=O) groups is 1. The van der Waals surface area contributed by atoms with Crippen LogP contribution in [0.2, 0.25) is 5.02 Å². The van der Waals surface area contributed by atoms with Gasteiger partial charge in [-0.05, 0) is 24.3 Å². The third kappa shape index (κ3) is 2.51. The molecule has 6 heteroatoms. The summed E-state index contributed by atoms with van der Waals surface area (Å²) in [7, 11) is 0. The number of para-hydroxylation sites is 1. The van der Waals surface area contributed by atoms with Crippen molar-refractivity contribution in [3.05, 3.63) is 69.6 Å². The molecule has 0 unspecified atom stereocenters. The summed E-state index contributed by atoms with van der Waals surface area (Å²) >= 11 is 6.01. The summed E-state index contributed by atoms with van der Waals surface area (Å²) in [6, 6.07) is 10.1. The number of nitrogens with one attached hydrogen (secondary N) is 2. The molecular formula is C15H10ClN3O2. The summed E-state index contributed by atoms with van der Waals surface area (Å²) < 4.78 is 0. The lowest BCUT2D eigenvalue weighted by Crippen LogP contribution is -2.22. The van der Waals surface area contributed by atoms with Crippen molar-refractivity contribution >= 4 is 34.2 Å². The van der Waals surface area contributed by atoms with Crippen LogP contribution in [0.4, 0.5) is 5.82 Å². The Balaban J connectivity index is 2.03. The molecule has 0 saturated carbocycles. The number of carbonyl (C=O) groups excluding carboxylic acids is 1. The van der Waals surface area contributed by atoms with Gasteiger partial charge in [-0.15, -0.1) is 0 Å². The van der Waals surface area contributed by atoms with Crippen LogP contribution in [0.3, 0.4) is 0 Å². The Morgan fingerprint density at radius 3 is 2.81 bits per heavy atom. The Kier molecular flexibility index (Phi) is 3.41. The fraction of sp³-hybridized carbons (Fsp3) is 0. The van der Waals surface area contributed by atoms with Gasteiger partial charge in [0, 0.05) is 17.8 Å². The fourth-order valence-corrected chi connectivity index (χ4v) is 2.23. The Hall–Kier alpha value is -2.66. The highest BCUT2D eigenvalue weighted by Gasteiger charge is 2.14.